The molecule has 1 N–H and O–H groups in total. The van der Waals surface area contributed by atoms with Crippen molar-refractivity contribution in [3.63, 3.8) is 0 Å². The Labute approximate surface area is 153 Å². The van der Waals surface area contributed by atoms with Crippen molar-refractivity contribution in [1.29, 1.82) is 0 Å². The molecule has 1 aliphatic heterocycles. The molecular weight excluding hydrogens is 349 g/mol. The maximum Gasteiger partial charge on any atom is 0.255 e. The molecule has 3 aromatic rings. The van der Waals surface area contributed by atoms with Crippen molar-refractivity contribution in [2.45, 2.75) is 12.8 Å². The molecule has 7 heteroatoms. The molecule has 4 rings (SSSR count). The number of pyridine rings is 1. The molecule has 1 fully saturated rings. The summed E-state index contributed by atoms with van der Waals surface area (Å²) in [6.45, 7) is 0. The number of amides is 3. The van der Waals surface area contributed by atoms with Gasteiger partial charge in [0.25, 0.3) is 5.91 Å². The molecule has 0 bridgehead atoms. The fourth-order valence-electron chi connectivity index (χ4n) is 3.07. The van der Waals surface area contributed by atoms with Gasteiger partial charge in [-0.05, 0) is 36.4 Å². The molecule has 0 saturated carbocycles. The van der Waals surface area contributed by atoms with E-state index < -0.39 is 11.7 Å². The molecule has 1 saturated heterocycles. The summed E-state index contributed by atoms with van der Waals surface area (Å²) in [5.41, 5.74) is 1.41. The molecule has 2 aromatic carbocycles. The number of nitrogens with zero attached hydrogens (tertiary/aromatic N) is 2. The lowest BCUT2D eigenvalue weighted by atomic mass is 10.1. The Morgan fingerprint density at radius 1 is 1.00 bits per heavy atom. The molecule has 0 spiro atoms. The average molecular weight is 363 g/mol. The monoisotopic (exact) mass is 363 g/mol. The zero-order valence-corrected chi connectivity index (χ0v) is 14.1. The van der Waals surface area contributed by atoms with E-state index in [-0.39, 0.29) is 30.2 Å². The number of carbonyl (C=O) groups excluding carboxylic acids is 3. The molecule has 0 radical (unpaired) electrons. The minimum absolute atomic E-state index is 0.178. The summed E-state index contributed by atoms with van der Waals surface area (Å²) >= 11 is 0. The highest BCUT2D eigenvalue weighted by molar-refractivity contribution is 6.20. The largest absolute Gasteiger partial charge is 0.321 e. The van der Waals surface area contributed by atoms with Crippen LogP contribution in [0.4, 0.5) is 15.8 Å². The molecule has 27 heavy (non-hydrogen) atoms. The van der Waals surface area contributed by atoms with Gasteiger partial charge in [0.1, 0.15) is 11.3 Å². The SMILES string of the molecule is O=C(Nc1ccnc2c(F)cccc12)c1ccc(N2C(=O)CCC2=O)cc1. The number of fused-ring (bicyclic) bond motifs is 1. The molecule has 134 valence electrons. The van der Waals surface area contributed by atoms with Gasteiger partial charge in [-0.1, -0.05) is 12.1 Å². The minimum Gasteiger partial charge on any atom is -0.321 e. The van der Waals surface area contributed by atoms with Crippen LogP contribution < -0.4 is 10.2 Å². The highest BCUT2D eigenvalue weighted by Gasteiger charge is 2.30. The van der Waals surface area contributed by atoms with E-state index in [1.165, 1.54) is 24.4 Å². The van der Waals surface area contributed by atoms with Gasteiger partial charge in [0.15, 0.2) is 0 Å². The summed E-state index contributed by atoms with van der Waals surface area (Å²) in [6, 6.07) is 12.3. The summed E-state index contributed by atoms with van der Waals surface area (Å²) in [5, 5.41) is 3.24. The normalized spacial score (nSPS) is 14.0. The van der Waals surface area contributed by atoms with E-state index in [0.29, 0.717) is 22.3 Å². The first-order valence-electron chi connectivity index (χ1n) is 8.35. The number of hydrogen-bond acceptors (Lipinski definition) is 4. The quantitative estimate of drug-likeness (QED) is 0.724. The summed E-state index contributed by atoms with van der Waals surface area (Å²) in [4.78, 5) is 41.2. The van der Waals surface area contributed by atoms with Crippen molar-refractivity contribution in [2.75, 3.05) is 10.2 Å². The summed E-state index contributed by atoms with van der Waals surface area (Å²) in [7, 11) is 0. The maximum absolute atomic E-state index is 13.8. The van der Waals surface area contributed by atoms with Crippen molar-refractivity contribution in [2.24, 2.45) is 0 Å². The molecular formula is C20H14FN3O3. The van der Waals surface area contributed by atoms with Gasteiger partial charge in [0.05, 0.1) is 11.4 Å². The van der Waals surface area contributed by atoms with Gasteiger partial charge in [-0.15, -0.1) is 0 Å². The van der Waals surface area contributed by atoms with Crippen molar-refractivity contribution in [3.8, 4) is 0 Å². The predicted molar refractivity (Wildman–Crippen MR) is 97.8 cm³/mol. The fraction of sp³-hybridized carbons (Fsp3) is 0.100. The van der Waals surface area contributed by atoms with Gasteiger partial charge in [0.2, 0.25) is 11.8 Å². The number of hydrogen-bond donors (Lipinski definition) is 1. The fourth-order valence-corrected chi connectivity index (χ4v) is 3.07. The van der Waals surface area contributed by atoms with Crippen LogP contribution in [0, 0.1) is 5.82 Å². The van der Waals surface area contributed by atoms with Gasteiger partial charge in [-0.2, -0.15) is 0 Å². The number of para-hydroxylation sites is 1. The number of nitrogens with one attached hydrogen (secondary N) is 1. The molecule has 2 heterocycles. The zero-order valence-electron chi connectivity index (χ0n) is 14.1. The Balaban J connectivity index is 1.58. The van der Waals surface area contributed by atoms with Gasteiger partial charge in [-0.25, -0.2) is 4.39 Å². The summed E-state index contributed by atoms with van der Waals surface area (Å²) < 4.78 is 13.8. The second-order valence-electron chi connectivity index (χ2n) is 6.12. The van der Waals surface area contributed by atoms with E-state index in [0.717, 1.165) is 4.90 Å². The zero-order chi connectivity index (χ0) is 19.0. The number of rotatable bonds is 3. The molecule has 0 unspecified atom stereocenters. The number of imide groups is 1. The molecule has 1 aromatic heterocycles. The van der Waals surface area contributed by atoms with Crippen molar-refractivity contribution >= 4 is 40.0 Å². The van der Waals surface area contributed by atoms with Crippen LogP contribution in [0.1, 0.15) is 23.2 Å². The van der Waals surface area contributed by atoms with Crippen LogP contribution in [0.25, 0.3) is 10.9 Å². The average Bonchev–Trinajstić information content (AvgIpc) is 3.01. The molecule has 1 aliphatic rings. The van der Waals surface area contributed by atoms with E-state index >= 15 is 0 Å². The summed E-state index contributed by atoms with van der Waals surface area (Å²) in [5.74, 6) is -1.35. The van der Waals surface area contributed by atoms with Crippen LogP contribution in [0.15, 0.2) is 54.7 Å². The Morgan fingerprint density at radius 3 is 2.41 bits per heavy atom. The topological polar surface area (TPSA) is 79.4 Å². The molecule has 0 atom stereocenters. The van der Waals surface area contributed by atoms with Gasteiger partial charge in [-0.3, -0.25) is 24.3 Å². The van der Waals surface area contributed by atoms with Crippen molar-refractivity contribution in [3.05, 3.63) is 66.1 Å². The van der Waals surface area contributed by atoms with Crippen LogP contribution in [-0.2, 0) is 9.59 Å². The van der Waals surface area contributed by atoms with Crippen molar-refractivity contribution < 1.29 is 18.8 Å². The van der Waals surface area contributed by atoms with E-state index in [2.05, 4.69) is 10.3 Å². The van der Waals surface area contributed by atoms with Gasteiger partial charge in [0, 0.05) is 30.0 Å². The second kappa shape index (κ2) is 6.60. The lowest BCUT2D eigenvalue weighted by Crippen LogP contribution is -2.28. The third-order valence-electron chi connectivity index (χ3n) is 4.41. The first-order chi connectivity index (χ1) is 13.0. The lowest BCUT2D eigenvalue weighted by Gasteiger charge is -2.14. The predicted octanol–water partition coefficient (Wildman–Crippen LogP) is 3.28. The smallest absolute Gasteiger partial charge is 0.255 e. The van der Waals surface area contributed by atoms with Crippen LogP contribution >= 0.6 is 0 Å². The standard InChI is InChI=1S/C20H14FN3O3/c21-15-3-1-2-14-16(10-11-22-19(14)15)23-20(27)12-4-6-13(7-5-12)24-17(25)8-9-18(24)26/h1-7,10-11H,8-9H2,(H,22,23,27). The second-order valence-corrected chi connectivity index (χ2v) is 6.12. The maximum atomic E-state index is 13.8. The third kappa shape index (κ3) is 3.03. The van der Waals surface area contributed by atoms with E-state index in [9.17, 15) is 18.8 Å². The number of halogens is 1. The third-order valence-corrected chi connectivity index (χ3v) is 4.41. The number of anilines is 2. The number of aromatic nitrogens is 1. The van der Waals surface area contributed by atoms with Crippen LogP contribution in [0.5, 0.6) is 0 Å². The number of benzene rings is 2. The highest BCUT2D eigenvalue weighted by atomic mass is 19.1. The minimum atomic E-state index is -0.465. The first kappa shape index (κ1) is 16.8. The highest BCUT2D eigenvalue weighted by Crippen LogP contribution is 2.25. The van der Waals surface area contributed by atoms with Crippen molar-refractivity contribution in [1.82, 2.24) is 4.98 Å². The Kier molecular flexibility index (Phi) is 4.12. The first-order valence-corrected chi connectivity index (χ1v) is 8.35. The van der Waals surface area contributed by atoms with E-state index in [4.69, 9.17) is 0 Å². The Hall–Kier alpha value is -3.61. The summed E-state index contributed by atoms with van der Waals surface area (Å²) in [6.07, 6.45) is 1.83. The molecule has 0 aliphatic carbocycles. The Bertz CT molecular complexity index is 1060. The van der Waals surface area contributed by atoms with Gasteiger partial charge < -0.3 is 5.32 Å². The molecule has 3 amide bonds. The number of carbonyl (C=O) groups is 3. The van der Waals surface area contributed by atoms with Crippen LogP contribution in [0.2, 0.25) is 0 Å². The van der Waals surface area contributed by atoms with Crippen LogP contribution in [0.3, 0.4) is 0 Å². The Morgan fingerprint density at radius 2 is 1.70 bits per heavy atom. The molecule has 6 nitrogen and oxygen atoms in total. The van der Waals surface area contributed by atoms with E-state index in [1.54, 1.807) is 30.3 Å². The van der Waals surface area contributed by atoms with Crippen LogP contribution in [-0.4, -0.2) is 22.7 Å². The van der Waals surface area contributed by atoms with Gasteiger partial charge >= 0.3 is 0 Å². The van der Waals surface area contributed by atoms with E-state index in [1.807, 2.05) is 0 Å². The lowest BCUT2D eigenvalue weighted by molar-refractivity contribution is -0.121.